The monoisotopic (exact) mass is 422 g/mol. The number of rotatable bonds is 6. The van der Waals surface area contributed by atoms with Gasteiger partial charge in [0.1, 0.15) is 5.70 Å². The molecule has 2 amide bonds. The molecule has 0 fully saturated rings. The standard InChI is InChI=1S/C21H18N4O4S/c22-30(28,29)18-8-6-17(7-9-18)24-21(27)19(14-15-10-12-23-13-11-15)25-20(26)16-4-2-1-3-5-16/h1-14H,(H,24,27)(H,25,26)(H2,22,28,29)/b19-14+. The van der Waals surface area contributed by atoms with Crippen LogP contribution >= 0.6 is 0 Å². The number of sulfonamides is 1. The molecule has 30 heavy (non-hydrogen) atoms. The number of anilines is 1. The predicted octanol–water partition coefficient (Wildman–Crippen LogP) is 2.14. The van der Waals surface area contributed by atoms with Crippen molar-refractivity contribution in [1.29, 1.82) is 0 Å². The Morgan fingerprint density at radius 1 is 0.900 bits per heavy atom. The van der Waals surface area contributed by atoms with Gasteiger partial charge < -0.3 is 10.6 Å². The van der Waals surface area contributed by atoms with Gasteiger partial charge in [-0.1, -0.05) is 18.2 Å². The fourth-order valence-electron chi connectivity index (χ4n) is 2.50. The SMILES string of the molecule is NS(=O)(=O)c1ccc(NC(=O)/C(=C\c2ccncc2)NC(=O)c2ccccc2)cc1. The number of amides is 2. The van der Waals surface area contributed by atoms with E-state index in [4.69, 9.17) is 5.14 Å². The summed E-state index contributed by atoms with van der Waals surface area (Å²) < 4.78 is 22.7. The van der Waals surface area contributed by atoms with Crippen LogP contribution in [-0.4, -0.2) is 25.2 Å². The number of hydrogen-bond acceptors (Lipinski definition) is 5. The Morgan fingerprint density at radius 2 is 1.53 bits per heavy atom. The molecule has 0 unspecified atom stereocenters. The smallest absolute Gasteiger partial charge is 0.272 e. The Bertz CT molecular complexity index is 1180. The molecule has 8 nitrogen and oxygen atoms in total. The van der Waals surface area contributed by atoms with Crippen LogP contribution in [-0.2, 0) is 14.8 Å². The lowest BCUT2D eigenvalue weighted by Gasteiger charge is -2.11. The topological polar surface area (TPSA) is 131 Å². The van der Waals surface area contributed by atoms with E-state index in [1.807, 2.05) is 0 Å². The number of nitrogens with two attached hydrogens (primary N) is 1. The predicted molar refractivity (Wildman–Crippen MR) is 113 cm³/mol. The van der Waals surface area contributed by atoms with Crippen molar-refractivity contribution in [2.75, 3.05) is 5.32 Å². The van der Waals surface area contributed by atoms with Crippen LogP contribution in [0.15, 0.2) is 89.7 Å². The highest BCUT2D eigenvalue weighted by Crippen LogP contribution is 2.14. The molecular formula is C21H18N4O4S. The van der Waals surface area contributed by atoms with Crippen LogP contribution in [0, 0.1) is 0 Å². The number of carbonyl (C=O) groups excluding carboxylic acids is 2. The van der Waals surface area contributed by atoms with Crippen LogP contribution in [0.2, 0.25) is 0 Å². The van der Waals surface area contributed by atoms with E-state index < -0.39 is 21.8 Å². The summed E-state index contributed by atoms with van der Waals surface area (Å²) in [6.07, 6.45) is 4.63. The maximum Gasteiger partial charge on any atom is 0.272 e. The second kappa shape index (κ2) is 9.12. The van der Waals surface area contributed by atoms with E-state index in [0.717, 1.165) is 0 Å². The lowest BCUT2D eigenvalue weighted by Crippen LogP contribution is -2.30. The lowest BCUT2D eigenvalue weighted by molar-refractivity contribution is -0.113. The molecule has 0 bridgehead atoms. The second-order valence-electron chi connectivity index (χ2n) is 6.18. The van der Waals surface area contributed by atoms with Gasteiger partial charge in [-0.15, -0.1) is 0 Å². The maximum absolute atomic E-state index is 12.8. The number of pyridine rings is 1. The first-order valence-corrected chi connectivity index (χ1v) is 10.3. The zero-order valence-corrected chi connectivity index (χ0v) is 16.5. The molecule has 3 rings (SSSR count). The summed E-state index contributed by atoms with van der Waals surface area (Å²) in [5.41, 5.74) is 1.39. The Labute approximate surface area is 173 Å². The zero-order chi connectivity index (χ0) is 21.6. The van der Waals surface area contributed by atoms with E-state index in [0.29, 0.717) is 16.8 Å². The van der Waals surface area contributed by atoms with Gasteiger partial charge in [-0.25, -0.2) is 13.6 Å². The summed E-state index contributed by atoms with van der Waals surface area (Å²) >= 11 is 0. The molecule has 0 aliphatic carbocycles. The summed E-state index contributed by atoms with van der Waals surface area (Å²) in [5.74, 6) is -1.03. The summed E-state index contributed by atoms with van der Waals surface area (Å²) in [5, 5.41) is 10.3. The van der Waals surface area contributed by atoms with Gasteiger partial charge in [0.05, 0.1) is 4.90 Å². The molecule has 0 aliphatic rings. The summed E-state index contributed by atoms with van der Waals surface area (Å²) in [6, 6.07) is 17.2. The van der Waals surface area contributed by atoms with Crippen molar-refractivity contribution in [1.82, 2.24) is 10.3 Å². The van der Waals surface area contributed by atoms with Crippen LogP contribution in [0.5, 0.6) is 0 Å². The zero-order valence-electron chi connectivity index (χ0n) is 15.6. The number of nitrogens with one attached hydrogen (secondary N) is 2. The van der Waals surface area contributed by atoms with Crippen LogP contribution in [0.3, 0.4) is 0 Å². The molecule has 0 saturated heterocycles. The Hall–Kier alpha value is -3.82. The highest BCUT2D eigenvalue weighted by atomic mass is 32.2. The van der Waals surface area contributed by atoms with Crippen molar-refractivity contribution >= 4 is 33.6 Å². The van der Waals surface area contributed by atoms with E-state index in [1.165, 1.54) is 30.3 Å². The molecule has 0 radical (unpaired) electrons. The number of benzene rings is 2. The van der Waals surface area contributed by atoms with Gasteiger partial charge >= 0.3 is 0 Å². The molecule has 1 aromatic heterocycles. The summed E-state index contributed by atoms with van der Waals surface area (Å²) in [4.78, 5) is 29.2. The first-order valence-electron chi connectivity index (χ1n) is 8.75. The van der Waals surface area contributed by atoms with E-state index >= 15 is 0 Å². The highest BCUT2D eigenvalue weighted by molar-refractivity contribution is 7.89. The minimum absolute atomic E-state index is 0.00516. The van der Waals surface area contributed by atoms with E-state index in [2.05, 4.69) is 15.6 Å². The quantitative estimate of drug-likeness (QED) is 0.524. The molecular weight excluding hydrogens is 404 g/mol. The number of nitrogens with zero attached hydrogens (tertiary/aromatic N) is 1. The molecule has 1 heterocycles. The second-order valence-corrected chi connectivity index (χ2v) is 7.74. The number of carbonyl (C=O) groups is 2. The molecule has 0 saturated carbocycles. The van der Waals surface area contributed by atoms with Crippen molar-refractivity contribution in [3.63, 3.8) is 0 Å². The summed E-state index contributed by atoms with van der Waals surface area (Å²) in [6.45, 7) is 0. The third kappa shape index (κ3) is 5.60. The molecule has 0 spiro atoms. The Kier molecular flexibility index (Phi) is 6.35. The van der Waals surface area contributed by atoms with E-state index in [-0.39, 0.29) is 10.6 Å². The normalized spacial score (nSPS) is 11.6. The molecule has 2 aromatic carbocycles. The molecule has 152 valence electrons. The van der Waals surface area contributed by atoms with Crippen LogP contribution in [0.4, 0.5) is 5.69 Å². The van der Waals surface area contributed by atoms with Crippen molar-refractivity contribution in [3.8, 4) is 0 Å². The third-order valence-corrected chi connectivity index (χ3v) is 4.92. The van der Waals surface area contributed by atoms with E-state index in [1.54, 1.807) is 54.9 Å². The Morgan fingerprint density at radius 3 is 2.13 bits per heavy atom. The lowest BCUT2D eigenvalue weighted by atomic mass is 10.2. The third-order valence-electron chi connectivity index (χ3n) is 3.99. The van der Waals surface area contributed by atoms with Gasteiger partial charge in [-0.05, 0) is 60.2 Å². The number of aromatic nitrogens is 1. The van der Waals surface area contributed by atoms with Gasteiger partial charge in [-0.3, -0.25) is 14.6 Å². The van der Waals surface area contributed by atoms with Gasteiger partial charge in [0.25, 0.3) is 11.8 Å². The summed E-state index contributed by atoms with van der Waals surface area (Å²) in [7, 11) is -3.84. The fourth-order valence-corrected chi connectivity index (χ4v) is 3.01. The average molecular weight is 422 g/mol. The minimum Gasteiger partial charge on any atom is -0.321 e. The van der Waals surface area contributed by atoms with Gasteiger partial charge in [-0.2, -0.15) is 0 Å². The van der Waals surface area contributed by atoms with E-state index in [9.17, 15) is 18.0 Å². The molecule has 0 aliphatic heterocycles. The van der Waals surface area contributed by atoms with Crippen molar-refractivity contribution in [2.24, 2.45) is 5.14 Å². The first-order chi connectivity index (χ1) is 14.3. The Balaban J connectivity index is 1.85. The van der Waals surface area contributed by atoms with Crippen LogP contribution < -0.4 is 15.8 Å². The van der Waals surface area contributed by atoms with Crippen molar-refractivity contribution < 1.29 is 18.0 Å². The molecule has 3 aromatic rings. The fraction of sp³-hybridized carbons (Fsp3) is 0. The number of hydrogen-bond donors (Lipinski definition) is 3. The average Bonchev–Trinajstić information content (AvgIpc) is 2.74. The van der Waals surface area contributed by atoms with Crippen molar-refractivity contribution in [2.45, 2.75) is 4.90 Å². The van der Waals surface area contributed by atoms with Crippen LogP contribution in [0.1, 0.15) is 15.9 Å². The highest BCUT2D eigenvalue weighted by Gasteiger charge is 2.15. The van der Waals surface area contributed by atoms with Gasteiger partial charge in [0.15, 0.2) is 0 Å². The van der Waals surface area contributed by atoms with Gasteiger partial charge in [0.2, 0.25) is 10.0 Å². The molecule has 0 atom stereocenters. The minimum atomic E-state index is -3.84. The van der Waals surface area contributed by atoms with Crippen molar-refractivity contribution in [3.05, 3.63) is 95.9 Å². The van der Waals surface area contributed by atoms with Crippen LogP contribution in [0.25, 0.3) is 6.08 Å². The van der Waals surface area contributed by atoms with Gasteiger partial charge in [0, 0.05) is 23.6 Å². The molecule has 9 heteroatoms. The number of primary sulfonamides is 1. The largest absolute Gasteiger partial charge is 0.321 e. The first kappa shape index (κ1) is 20.9. The molecule has 4 N–H and O–H groups in total. The maximum atomic E-state index is 12.8.